The normalized spacial score (nSPS) is 11.4. The van der Waals surface area contributed by atoms with Crippen molar-refractivity contribution in [3.05, 3.63) is 33.6 Å². The van der Waals surface area contributed by atoms with Crippen LogP contribution in [0.25, 0.3) is 0 Å². The zero-order valence-corrected chi connectivity index (χ0v) is 12.1. The smallest absolute Gasteiger partial charge is 0.295 e. The number of anilines is 1. The van der Waals surface area contributed by atoms with Crippen LogP contribution < -0.4 is 5.32 Å². The van der Waals surface area contributed by atoms with Crippen LogP contribution in [-0.4, -0.2) is 23.2 Å². The van der Waals surface area contributed by atoms with Gasteiger partial charge in [-0.25, -0.2) is 4.39 Å². The van der Waals surface area contributed by atoms with Crippen molar-refractivity contribution in [2.45, 2.75) is 33.6 Å². The molecule has 0 aliphatic carbocycles. The summed E-state index contributed by atoms with van der Waals surface area (Å²) in [6.07, 6.45) is 1.48. The third kappa shape index (κ3) is 4.45. The number of nitro benzene ring substituents is 1. The van der Waals surface area contributed by atoms with Gasteiger partial charge in [0.05, 0.1) is 11.0 Å². The average Bonchev–Trinajstić information content (AvgIpc) is 2.37. The van der Waals surface area contributed by atoms with Gasteiger partial charge in [-0.05, 0) is 36.8 Å². The molecule has 2 N–H and O–H groups in total. The number of hydrogen-bond donors (Lipinski definition) is 2. The van der Waals surface area contributed by atoms with Gasteiger partial charge in [0.2, 0.25) is 0 Å². The van der Waals surface area contributed by atoms with Crippen molar-refractivity contribution in [3.8, 4) is 0 Å². The van der Waals surface area contributed by atoms with Gasteiger partial charge in [0.25, 0.3) is 5.69 Å². The Morgan fingerprint density at radius 2 is 2.10 bits per heavy atom. The molecule has 112 valence electrons. The van der Waals surface area contributed by atoms with Crippen molar-refractivity contribution in [2.24, 2.45) is 5.41 Å². The molecule has 0 bridgehead atoms. The van der Waals surface area contributed by atoms with Gasteiger partial charge in [0, 0.05) is 13.2 Å². The Labute approximate surface area is 118 Å². The molecular weight excluding hydrogens is 263 g/mol. The van der Waals surface area contributed by atoms with Crippen molar-refractivity contribution in [1.29, 1.82) is 0 Å². The second-order valence-corrected chi connectivity index (χ2v) is 5.72. The molecule has 0 aliphatic heterocycles. The molecule has 1 aromatic carbocycles. The summed E-state index contributed by atoms with van der Waals surface area (Å²) in [7, 11) is 0. The maximum Gasteiger partial charge on any atom is 0.295 e. The highest BCUT2D eigenvalue weighted by molar-refractivity contribution is 5.63. The van der Waals surface area contributed by atoms with Gasteiger partial charge in [0.1, 0.15) is 11.5 Å². The fourth-order valence-electron chi connectivity index (χ4n) is 1.94. The molecule has 1 aromatic rings. The summed E-state index contributed by atoms with van der Waals surface area (Å²) in [5.41, 5.74) is 0.321. The Balaban J connectivity index is 2.86. The molecule has 0 aromatic heterocycles. The van der Waals surface area contributed by atoms with Crippen LogP contribution in [0, 0.1) is 28.3 Å². The van der Waals surface area contributed by atoms with E-state index in [0.717, 1.165) is 12.5 Å². The predicted octanol–water partition coefficient (Wildman–Crippen LogP) is 3.25. The molecule has 20 heavy (non-hydrogen) atoms. The second-order valence-electron chi connectivity index (χ2n) is 5.72. The molecule has 0 atom stereocenters. The van der Waals surface area contributed by atoms with E-state index in [2.05, 4.69) is 5.32 Å². The first kappa shape index (κ1) is 16.4. The quantitative estimate of drug-likeness (QED) is 0.595. The fourth-order valence-corrected chi connectivity index (χ4v) is 1.94. The largest absolute Gasteiger partial charge is 0.396 e. The van der Waals surface area contributed by atoms with E-state index in [1.54, 1.807) is 6.92 Å². The zero-order chi connectivity index (χ0) is 15.3. The second kappa shape index (κ2) is 6.65. The Hall–Kier alpha value is -1.69. The van der Waals surface area contributed by atoms with E-state index in [1.807, 2.05) is 13.8 Å². The van der Waals surface area contributed by atoms with E-state index in [9.17, 15) is 14.5 Å². The third-order valence-corrected chi connectivity index (χ3v) is 3.24. The maximum absolute atomic E-state index is 13.4. The van der Waals surface area contributed by atoms with E-state index < -0.39 is 10.7 Å². The summed E-state index contributed by atoms with van der Waals surface area (Å²) in [6.45, 7) is 6.23. The van der Waals surface area contributed by atoms with E-state index in [4.69, 9.17) is 5.11 Å². The number of nitrogens with one attached hydrogen (secondary N) is 1. The summed E-state index contributed by atoms with van der Waals surface area (Å²) in [5, 5.41) is 22.8. The van der Waals surface area contributed by atoms with Crippen molar-refractivity contribution in [1.82, 2.24) is 0 Å². The molecule has 0 radical (unpaired) electrons. The molecule has 1 rings (SSSR count). The summed E-state index contributed by atoms with van der Waals surface area (Å²) < 4.78 is 13.4. The Morgan fingerprint density at radius 1 is 1.45 bits per heavy atom. The minimum absolute atomic E-state index is 0.112. The van der Waals surface area contributed by atoms with Crippen LogP contribution in [0.5, 0.6) is 0 Å². The molecule has 0 saturated heterocycles. The van der Waals surface area contributed by atoms with Crippen LogP contribution in [0.1, 0.15) is 32.3 Å². The lowest BCUT2D eigenvalue weighted by atomic mass is 9.88. The van der Waals surface area contributed by atoms with Crippen LogP contribution in [0.3, 0.4) is 0 Å². The van der Waals surface area contributed by atoms with Gasteiger partial charge in [0.15, 0.2) is 0 Å². The monoisotopic (exact) mass is 284 g/mol. The van der Waals surface area contributed by atoms with Gasteiger partial charge >= 0.3 is 0 Å². The topological polar surface area (TPSA) is 75.4 Å². The summed E-state index contributed by atoms with van der Waals surface area (Å²) >= 11 is 0. The SMILES string of the molecule is Cc1cc(NCC(C)(C)CCCO)c([N+](=O)[O-])cc1F. The first-order valence-corrected chi connectivity index (χ1v) is 6.56. The molecule has 5 nitrogen and oxygen atoms in total. The minimum atomic E-state index is -0.592. The zero-order valence-electron chi connectivity index (χ0n) is 12.1. The summed E-state index contributed by atoms with van der Waals surface area (Å²) in [5.74, 6) is -0.582. The third-order valence-electron chi connectivity index (χ3n) is 3.24. The van der Waals surface area contributed by atoms with Gasteiger partial charge in [-0.2, -0.15) is 0 Å². The lowest BCUT2D eigenvalue weighted by Gasteiger charge is -2.25. The standard InChI is InChI=1S/C14H21FN2O3/c1-10-7-12(13(17(19)20)8-11(10)15)16-9-14(2,3)5-4-6-18/h7-8,16,18H,4-6,9H2,1-3H3. The number of hydrogen-bond acceptors (Lipinski definition) is 4. The van der Waals surface area contributed by atoms with E-state index in [1.165, 1.54) is 6.07 Å². The number of aryl methyl sites for hydroxylation is 1. The van der Waals surface area contributed by atoms with E-state index in [-0.39, 0.29) is 17.7 Å². The van der Waals surface area contributed by atoms with Crippen LogP contribution >= 0.6 is 0 Å². The Bertz CT molecular complexity index is 490. The van der Waals surface area contributed by atoms with Crippen molar-refractivity contribution in [2.75, 3.05) is 18.5 Å². The van der Waals surface area contributed by atoms with Gasteiger partial charge in [-0.3, -0.25) is 10.1 Å². The molecule has 0 fully saturated rings. The fraction of sp³-hybridized carbons (Fsp3) is 0.571. The van der Waals surface area contributed by atoms with Gasteiger partial charge in [-0.15, -0.1) is 0 Å². The molecule has 0 spiro atoms. The summed E-state index contributed by atoms with van der Waals surface area (Å²) in [4.78, 5) is 10.4. The minimum Gasteiger partial charge on any atom is -0.396 e. The van der Waals surface area contributed by atoms with Gasteiger partial charge in [-0.1, -0.05) is 13.8 Å². The number of nitro groups is 1. The Morgan fingerprint density at radius 3 is 2.65 bits per heavy atom. The number of rotatable bonds is 7. The first-order valence-electron chi connectivity index (χ1n) is 6.56. The molecule has 0 heterocycles. The molecule has 0 aliphatic rings. The Kier molecular flexibility index (Phi) is 5.44. The lowest BCUT2D eigenvalue weighted by molar-refractivity contribution is -0.384. The molecule has 0 amide bonds. The van der Waals surface area contributed by atoms with Crippen molar-refractivity contribution < 1.29 is 14.4 Å². The van der Waals surface area contributed by atoms with Gasteiger partial charge < -0.3 is 10.4 Å². The molecule has 6 heteroatoms. The van der Waals surface area contributed by atoms with Crippen LogP contribution in [0.4, 0.5) is 15.8 Å². The number of halogens is 1. The highest BCUT2D eigenvalue weighted by Crippen LogP contribution is 2.30. The van der Waals surface area contributed by atoms with Crippen LogP contribution in [-0.2, 0) is 0 Å². The number of aliphatic hydroxyl groups excluding tert-OH is 1. The van der Waals surface area contributed by atoms with Crippen molar-refractivity contribution in [3.63, 3.8) is 0 Å². The highest BCUT2D eigenvalue weighted by atomic mass is 19.1. The number of aliphatic hydroxyl groups is 1. The maximum atomic E-state index is 13.4. The molecule has 0 saturated carbocycles. The van der Waals surface area contributed by atoms with E-state index in [0.29, 0.717) is 24.2 Å². The average molecular weight is 284 g/mol. The number of benzene rings is 1. The lowest BCUT2D eigenvalue weighted by Crippen LogP contribution is -2.23. The predicted molar refractivity (Wildman–Crippen MR) is 76.4 cm³/mol. The first-order chi connectivity index (χ1) is 9.26. The molecule has 0 unspecified atom stereocenters. The van der Waals surface area contributed by atoms with Crippen LogP contribution in [0.2, 0.25) is 0 Å². The number of nitrogens with zero attached hydrogens (tertiary/aromatic N) is 1. The summed E-state index contributed by atoms with van der Waals surface area (Å²) in [6, 6.07) is 2.40. The van der Waals surface area contributed by atoms with Crippen LogP contribution in [0.15, 0.2) is 12.1 Å². The molecular formula is C14H21FN2O3. The van der Waals surface area contributed by atoms with Crippen molar-refractivity contribution >= 4 is 11.4 Å². The van der Waals surface area contributed by atoms with E-state index >= 15 is 0 Å². The highest BCUT2D eigenvalue weighted by Gasteiger charge is 2.21.